The van der Waals surface area contributed by atoms with Crippen molar-refractivity contribution in [2.45, 2.75) is 12.3 Å². The van der Waals surface area contributed by atoms with Crippen molar-refractivity contribution in [3.63, 3.8) is 0 Å². The van der Waals surface area contributed by atoms with Crippen molar-refractivity contribution < 1.29 is 14.3 Å². The van der Waals surface area contributed by atoms with Crippen LogP contribution in [0.4, 0.5) is 11.4 Å². The predicted octanol–water partition coefficient (Wildman–Crippen LogP) is 6.75. The van der Waals surface area contributed by atoms with E-state index in [9.17, 15) is 9.59 Å². The van der Waals surface area contributed by atoms with E-state index in [0.717, 1.165) is 11.3 Å². The maximum absolute atomic E-state index is 12.7. The molecule has 0 aromatic heterocycles. The summed E-state index contributed by atoms with van der Waals surface area (Å²) in [4.78, 5) is 26.8. The van der Waals surface area contributed by atoms with E-state index >= 15 is 0 Å². The topological polar surface area (TPSA) is 58.6 Å². The third-order valence-corrected chi connectivity index (χ3v) is 7.11. The van der Waals surface area contributed by atoms with Gasteiger partial charge in [0.25, 0.3) is 5.91 Å². The summed E-state index contributed by atoms with van der Waals surface area (Å²) in [5.74, 6) is 0.420. The maximum atomic E-state index is 12.7. The Morgan fingerprint density at radius 3 is 2.52 bits per heavy atom. The highest BCUT2D eigenvalue weighted by atomic mass is 35.5. The number of nitrogens with one attached hydrogen (secondary N) is 1. The van der Waals surface area contributed by atoms with Crippen LogP contribution in [0.5, 0.6) is 5.75 Å². The molecule has 33 heavy (non-hydrogen) atoms. The van der Waals surface area contributed by atoms with Crippen LogP contribution in [0, 0.1) is 6.92 Å². The molecule has 1 atom stereocenters. The number of anilines is 2. The number of carbonyl (C=O) groups is 2. The summed E-state index contributed by atoms with van der Waals surface area (Å²) < 4.78 is 5.86. The van der Waals surface area contributed by atoms with Crippen LogP contribution >= 0.6 is 46.6 Å². The minimum absolute atomic E-state index is 0.0350. The third kappa shape index (κ3) is 5.58. The molecule has 3 aromatic carbocycles. The summed E-state index contributed by atoms with van der Waals surface area (Å²) >= 11 is 19.9. The SMILES string of the molecule is Cc1ccc(NC(=O)COc2ccc(Cl)cc2[C@@H]2SCC(=O)N2c2ccc(Cl)cc2)cc1Cl. The zero-order chi connectivity index (χ0) is 23.5. The minimum atomic E-state index is -0.355. The summed E-state index contributed by atoms with van der Waals surface area (Å²) in [6.45, 7) is 1.67. The van der Waals surface area contributed by atoms with Crippen molar-refractivity contribution in [1.82, 2.24) is 0 Å². The smallest absolute Gasteiger partial charge is 0.262 e. The summed E-state index contributed by atoms with van der Waals surface area (Å²) in [7, 11) is 0. The van der Waals surface area contributed by atoms with E-state index < -0.39 is 0 Å². The van der Waals surface area contributed by atoms with Gasteiger partial charge in [0.15, 0.2) is 6.61 Å². The van der Waals surface area contributed by atoms with Crippen molar-refractivity contribution in [1.29, 1.82) is 0 Å². The van der Waals surface area contributed by atoms with Gasteiger partial charge in [-0.2, -0.15) is 0 Å². The van der Waals surface area contributed by atoms with Crippen LogP contribution in [0.2, 0.25) is 15.1 Å². The van der Waals surface area contributed by atoms with Crippen molar-refractivity contribution in [2.75, 3.05) is 22.6 Å². The molecule has 1 aliphatic rings. The fraction of sp³-hybridized carbons (Fsp3) is 0.167. The van der Waals surface area contributed by atoms with Crippen LogP contribution in [0.25, 0.3) is 0 Å². The Hall–Kier alpha value is -2.38. The molecule has 1 N–H and O–H groups in total. The number of amides is 2. The molecule has 0 bridgehead atoms. The third-order valence-electron chi connectivity index (χ3n) is 5.02. The molecule has 0 spiro atoms. The number of hydrogen-bond donors (Lipinski definition) is 1. The van der Waals surface area contributed by atoms with E-state index in [-0.39, 0.29) is 23.8 Å². The van der Waals surface area contributed by atoms with Crippen molar-refractivity contribution in [3.8, 4) is 5.75 Å². The second kappa shape index (κ2) is 10.3. The fourth-order valence-electron chi connectivity index (χ4n) is 3.39. The number of aryl methyl sites for hydroxylation is 1. The number of carbonyl (C=O) groups excluding carboxylic acids is 2. The zero-order valence-corrected chi connectivity index (χ0v) is 20.6. The van der Waals surface area contributed by atoms with Gasteiger partial charge in [0, 0.05) is 32.0 Å². The number of hydrogen-bond acceptors (Lipinski definition) is 4. The number of benzene rings is 3. The average Bonchev–Trinajstić information content (AvgIpc) is 3.17. The van der Waals surface area contributed by atoms with Crippen LogP contribution in [-0.2, 0) is 9.59 Å². The van der Waals surface area contributed by atoms with Crippen molar-refractivity contribution in [3.05, 3.63) is 86.9 Å². The molecule has 9 heteroatoms. The van der Waals surface area contributed by atoms with Gasteiger partial charge < -0.3 is 10.1 Å². The molecule has 3 aromatic rings. The summed E-state index contributed by atoms with van der Waals surface area (Å²) in [5, 5.41) is 4.08. The van der Waals surface area contributed by atoms with E-state index in [4.69, 9.17) is 39.5 Å². The first-order valence-electron chi connectivity index (χ1n) is 9.99. The van der Waals surface area contributed by atoms with Gasteiger partial charge in [0.1, 0.15) is 11.1 Å². The highest BCUT2D eigenvalue weighted by molar-refractivity contribution is 8.00. The Morgan fingerprint density at radius 2 is 1.79 bits per heavy atom. The molecular formula is C24H19Cl3N2O3S. The molecule has 5 nitrogen and oxygen atoms in total. The lowest BCUT2D eigenvalue weighted by Crippen LogP contribution is -2.28. The molecular weight excluding hydrogens is 503 g/mol. The first-order valence-corrected chi connectivity index (χ1v) is 12.2. The molecule has 1 fully saturated rings. The quantitative estimate of drug-likeness (QED) is 0.390. The molecule has 1 aliphatic heterocycles. The molecule has 0 radical (unpaired) electrons. The van der Waals surface area contributed by atoms with Gasteiger partial charge in [-0.05, 0) is 67.1 Å². The molecule has 0 aliphatic carbocycles. The zero-order valence-electron chi connectivity index (χ0n) is 17.5. The van der Waals surface area contributed by atoms with Gasteiger partial charge >= 0.3 is 0 Å². The Kier molecular flexibility index (Phi) is 7.39. The van der Waals surface area contributed by atoms with Crippen molar-refractivity contribution in [2.24, 2.45) is 0 Å². The lowest BCUT2D eigenvalue weighted by Gasteiger charge is -2.26. The molecule has 4 rings (SSSR count). The normalized spacial score (nSPS) is 15.6. The lowest BCUT2D eigenvalue weighted by atomic mass is 10.1. The van der Waals surface area contributed by atoms with Crippen LogP contribution in [0.15, 0.2) is 60.7 Å². The van der Waals surface area contributed by atoms with Gasteiger partial charge in [-0.3, -0.25) is 14.5 Å². The Balaban J connectivity index is 1.53. The summed E-state index contributed by atoms with van der Waals surface area (Å²) in [6, 6.07) is 17.5. The number of nitrogens with zero attached hydrogens (tertiary/aromatic N) is 1. The van der Waals surface area contributed by atoms with Crippen LogP contribution in [0.3, 0.4) is 0 Å². The standard InChI is InChI=1S/C24H19Cl3N2O3S/c1-14-2-6-17(11-20(14)27)28-22(30)12-32-21-9-5-16(26)10-19(21)24-29(23(31)13-33-24)18-7-3-15(25)4-8-18/h2-11,24H,12-13H2,1H3,(H,28,30)/t24-/m0/s1. The van der Waals surface area contributed by atoms with Crippen molar-refractivity contribution >= 4 is 69.8 Å². The monoisotopic (exact) mass is 520 g/mol. The predicted molar refractivity (Wildman–Crippen MR) is 136 cm³/mol. The molecule has 1 saturated heterocycles. The Labute approximate surface area is 211 Å². The van der Waals surface area contributed by atoms with Crippen LogP contribution in [-0.4, -0.2) is 24.2 Å². The van der Waals surface area contributed by atoms with Crippen LogP contribution < -0.4 is 15.0 Å². The largest absolute Gasteiger partial charge is 0.483 e. The average molecular weight is 522 g/mol. The first kappa shape index (κ1) is 23.8. The van der Waals surface area contributed by atoms with Gasteiger partial charge in [0.05, 0.1) is 5.75 Å². The number of rotatable bonds is 6. The first-order chi connectivity index (χ1) is 15.8. The van der Waals surface area contributed by atoms with Gasteiger partial charge in [-0.1, -0.05) is 40.9 Å². The summed E-state index contributed by atoms with van der Waals surface area (Å²) in [6.07, 6.45) is 0. The van der Waals surface area contributed by atoms with Gasteiger partial charge in [-0.25, -0.2) is 0 Å². The maximum Gasteiger partial charge on any atom is 0.262 e. The molecule has 2 amide bonds. The molecule has 0 saturated carbocycles. The molecule has 1 heterocycles. The second-order valence-electron chi connectivity index (χ2n) is 7.39. The van der Waals surface area contributed by atoms with E-state index in [1.807, 2.05) is 13.0 Å². The van der Waals surface area contributed by atoms with E-state index in [1.165, 1.54) is 11.8 Å². The Morgan fingerprint density at radius 1 is 1.06 bits per heavy atom. The fourth-order valence-corrected chi connectivity index (χ4v) is 5.07. The number of halogens is 3. The highest BCUT2D eigenvalue weighted by Crippen LogP contribution is 2.45. The highest BCUT2D eigenvalue weighted by Gasteiger charge is 2.36. The summed E-state index contributed by atoms with van der Waals surface area (Å²) in [5.41, 5.74) is 2.94. The number of ether oxygens (including phenoxy) is 1. The lowest BCUT2D eigenvalue weighted by molar-refractivity contribution is -0.118. The van der Waals surface area contributed by atoms with E-state index in [1.54, 1.807) is 59.5 Å². The second-order valence-corrected chi connectivity index (χ2v) is 9.74. The van der Waals surface area contributed by atoms with E-state index in [2.05, 4.69) is 5.32 Å². The van der Waals surface area contributed by atoms with Gasteiger partial charge in [0.2, 0.25) is 5.91 Å². The van der Waals surface area contributed by atoms with Crippen LogP contribution in [0.1, 0.15) is 16.5 Å². The minimum Gasteiger partial charge on any atom is -0.483 e. The molecule has 0 unspecified atom stereocenters. The molecule has 170 valence electrons. The van der Waals surface area contributed by atoms with E-state index in [0.29, 0.717) is 37.8 Å². The number of thioether (sulfide) groups is 1. The Bertz CT molecular complexity index is 1200. The van der Waals surface area contributed by atoms with Gasteiger partial charge in [-0.15, -0.1) is 11.8 Å².